The van der Waals surface area contributed by atoms with Gasteiger partial charge in [-0.15, -0.1) is 0 Å². The van der Waals surface area contributed by atoms with Crippen LogP contribution < -0.4 is 16.2 Å². The first-order chi connectivity index (χ1) is 15.7. The lowest BCUT2D eigenvalue weighted by Crippen LogP contribution is -2.42. The molecule has 2 aromatic carbocycles. The number of nitrogens with zero attached hydrogens (tertiary/aromatic N) is 2. The highest BCUT2D eigenvalue weighted by atomic mass is 16.5. The predicted octanol–water partition coefficient (Wildman–Crippen LogP) is 2.17. The molecule has 1 heterocycles. The van der Waals surface area contributed by atoms with E-state index in [2.05, 4.69) is 10.6 Å². The molecule has 1 aromatic heterocycles. The lowest BCUT2D eigenvalue weighted by Gasteiger charge is -2.17. The Hall–Kier alpha value is -4.14. The van der Waals surface area contributed by atoms with Gasteiger partial charge < -0.3 is 15.4 Å². The van der Waals surface area contributed by atoms with Gasteiger partial charge in [0.25, 0.3) is 17.4 Å². The monoisotopic (exact) mass is 450 g/mol. The average molecular weight is 450 g/mol. The van der Waals surface area contributed by atoms with E-state index in [0.717, 1.165) is 0 Å². The summed E-state index contributed by atoms with van der Waals surface area (Å²) in [6.45, 7) is 4.56. The molecule has 0 spiro atoms. The van der Waals surface area contributed by atoms with Crippen molar-refractivity contribution in [3.8, 4) is 5.69 Å². The molecule has 9 heteroatoms. The molecule has 172 valence electrons. The number of carbonyl (C=O) groups excluding carboxylic acids is 3. The number of benzene rings is 2. The van der Waals surface area contributed by atoms with E-state index in [1.165, 1.54) is 18.5 Å². The molecule has 0 aliphatic carbocycles. The lowest BCUT2D eigenvalue weighted by molar-refractivity contribution is -0.154. The SMILES string of the molecule is Cc1c(NC(=O)[C@H](C)OC(=O)[C@H](C)NC(=O)c2ccccc2)c(=O)n(-c2ccccc2)n1C. The molecular formula is C24H26N4O5. The van der Waals surface area contributed by atoms with Gasteiger partial charge in [-0.05, 0) is 45.0 Å². The van der Waals surface area contributed by atoms with E-state index in [9.17, 15) is 19.2 Å². The highest BCUT2D eigenvalue weighted by molar-refractivity contribution is 5.98. The minimum atomic E-state index is -1.18. The Morgan fingerprint density at radius 1 is 0.939 bits per heavy atom. The van der Waals surface area contributed by atoms with Crippen LogP contribution in [0.1, 0.15) is 29.9 Å². The van der Waals surface area contributed by atoms with Crippen molar-refractivity contribution < 1.29 is 19.1 Å². The maximum atomic E-state index is 12.9. The number of amides is 2. The van der Waals surface area contributed by atoms with Gasteiger partial charge in [-0.2, -0.15) is 0 Å². The molecule has 0 aliphatic heterocycles. The maximum absolute atomic E-state index is 12.9. The van der Waals surface area contributed by atoms with E-state index in [1.54, 1.807) is 61.1 Å². The first kappa shape index (κ1) is 23.5. The van der Waals surface area contributed by atoms with Crippen molar-refractivity contribution in [2.45, 2.75) is 32.9 Å². The first-order valence-corrected chi connectivity index (χ1v) is 10.4. The van der Waals surface area contributed by atoms with Crippen LogP contribution in [0.5, 0.6) is 0 Å². The number of hydrogen-bond donors (Lipinski definition) is 2. The van der Waals surface area contributed by atoms with Crippen molar-refractivity contribution in [3.05, 3.63) is 82.3 Å². The van der Waals surface area contributed by atoms with Crippen LogP contribution in [0.4, 0.5) is 5.69 Å². The van der Waals surface area contributed by atoms with Gasteiger partial charge in [-0.25, -0.2) is 9.48 Å². The fraction of sp³-hybridized carbons (Fsp3) is 0.250. The second-order valence-corrected chi connectivity index (χ2v) is 7.57. The van der Waals surface area contributed by atoms with Gasteiger partial charge in [0.15, 0.2) is 6.10 Å². The number of carbonyl (C=O) groups is 3. The van der Waals surface area contributed by atoms with Gasteiger partial charge in [-0.1, -0.05) is 36.4 Å². The molecular weight excluding hydrogens is 424 g/mol. The van der Waals surface area contributed by atoms with Gasteiger partial charge in [0, 0.05) is 12.6 Å². The van der Waals surface area contributed by atoms with Crippen LogP contribution in [0.25, 0.3) is 5.69 Å². The fourth-order valence-electron chi connectivity index (χ4n) is 3.20. The Labute approximate surface area is 191 Å². The third-order valence-electron chi connectivity index (χ3n) is 5.20. The normalized spacial score (nSPS) is 12.5. The minimum absolute atomic E-state index is 0.0969. The molecule has 0 aliphatic rings. The zero-order chi connectivity index (χ0) is 24.1. The zero-order valence-corrected chi connectivity index (χ0v) is 18.9. The Balaban J connectivity index is 1.66. The predicted molar refractivity (Wildman–Crippen MR) is 123 cm³/mol. The molecule has 0 saturated carbocycles. The van der Waals surface area contributed by atoms with Crippen molar-refractivity contribution in [2.24, 2.45) is 7.05 Å². The first-order valence-electron chi connectivity index (χ1n) is 10.4. The standard InChI is InChI=1S/C24H26N4O5/c1-15(25-22(30)18-11-7-5-8-12-18)24(32)33-17(3)21(29)26-20-16(2)27(4)28(23(20)31)19-13-9-6-10-14-19/h5-15,17H,1-4H3,(H,25,30)(H,26,29)/t15-,17-/m0/s1. The second-order valence-electron chi connectivity index (χ2n) is 7.57. The summed E-state index contributed by atoms with van der Waals surface area (Å²) in [5.74, 6) is -1.86. The van der Waals surface area contributed by atoms with Crippen LogP contribution in [0.3, 0.4) is 0 Å². The number of rotatable bonds is 7. The maximum Gasteiger partial charge on any atom is 0.329 e. The Kier molecular flexibility index (Phi) is 7.12. The van der Waals surface area contributed by atoms with E-state index >= 15 is 0 Å². The third kappa shape index (κ3) is 5.20. The second kappa shape index (κ2) is 9.99. The average Bonchev–Trinajstić information content (AvgIpc) is 3.02. The van der Waals surface area contributed by atoms with Crippen LogP contribution in [-0.2, 0) is 21.4 Å². The number of esters is 1. The number of aromatic nitrogens is 2. The summed E-state index contributed by atoms with van der Waals surface area (Å²) in [4.78, 5) is 50.1. The fourth-order valence-corrected chi connectivity index (χ4v) is 3.20. The topological polar surface area (TPSA) is 111 Å². The van der Waals surface area contributed by atoms with E-state index in [4.69, 9.17) is 4.74 Å². The third-order valence-corrected chi connectivity index (χ3v) is 5.20. The molecule has 9 nitrogen and oxygen atoms in total. The molecule has 3 aromatic rings. The number of para-hydroxylation sites is 1. The van der Waals surface area contributed by atoms with Gasteiger partial charge in [0.2, 0.25) is 0 Å². The van der Waals surface area contributed by atoms with Crippen LogP contribution in [-0.4, -0.2) is 39.3 Å². The molecule has 33 heavy (non-hydrogen) atoms. The molecule has 2 N–H and O–H groups in total. The summed E-state index contributed by atoms with van der Waals surface area (Å²) in [5.41, 5.74) is 1.28. The summed E-state index contributed by atoms with van der Waals surface area (Å²) < 4.78 is 8.27. The van der Waals surface area contributed by atoms with Crippen molar-refractivity contribution in [2.75, 3.05) is 5.32 Å². The molecule has 0 fully saturated rings. The number of nitrogens with one attached hydrogen (secondary N) is 2. The number of ether oxygens (including phenoxy) is 1. The van der Waals surface area contributed by atoms with Crippen LogP contribution in [0.15, 0.2) is 65.5 Å². The highest BCUT2D eigenvalue weighted by Crippen LogP contribution is 2.14. The molecule has 0 bridgehead atoms. The van der Waals surface area contributed by atoms with Crippen molar-refractivity contribution >= 4 is 23.5 Å². The molecule has 0 saturated heterocycles. The van der Waals surface area contributed by atoms with Crippen molar-refractivity contribution in [1.82, 2.24) is 14.7 Å². The van der Waals surface area contributed by atoms with Gasteiger partial charge in [0.1, 0.15) is 11.7 Å². The number of hydrogen-bond acceptors (Lipinski definition) is 5. The largest absolute Gasteiger partial charge is 0.451 e. The quantitative estimate of drug-likeness (QED) is 0.536. The molecule has 0 unspecified atom stereocenters. The highest BCUT2D eigenvalue weighted by Gasteiger charge is 2.26. The van der Waals surface area contributed by atoms with E-state index < -0.39 is 35.5 Å². The van der Waals surface area contributed by atoms with Crippen LogP contribution >= 0.6 is 0 Å². The smallest absolute Gasteiger partial charge is 0.329 e. The Bertz CT molecular complexity index is 1210. The van der Waals surface area contributed by atoms with Crippen molar-refractivity contribution in [3.63, 3.8) is 0 Å². The van der Waals surface area contributed by atoms with Gasteiger partial charge in [0.05, 0.1) is 11.4 Å². The van der Waals surface area contributed by atoms with Gasteiger partial charge >= 0.3 is 5.97 Å². The van der Waals surface area contributed by atoms with E-state index in [1.807, 2.05) is 18.2 Å². The summed E-state index contributed by atoms with van der Waals surface area (Å²) >= 11 is 0. The lowest BCUT2D eigenvalue weighted by atomic mass is 10.2. The minimum Gasteiger partial charge on any atom is -0.451 e. The molecule has 2 amide bonds. The molecule has 0 radical (unpaired) electrons. The Morgan fingerprint density at radius 3 is 2.12 bits per heavy atom. The summed E-state index contributed by atoms with van der Waals surface area (Å²) in [6, 6.07) is 16.5. The molecule has 3 rings (SSSR count). The van der Waals surface area contributed by atoms with Gasteiger partial charge in [-0.3, -0.25) is 19.1 Å². The summed E-state index contributed by atoms with van der Waals surface area (Å²) in [5, 5.41) is 5.10. The Morgan fingerprint density at radius 2 is 1.52 bits per heavy atom. The van der Waals surface area contributed by atoms with Crippen molar-refractivity contribution in [1.29, 1.82) is 0 Å². The number of anilines is 1. The summed E-state index contributed by atoms with van der Waals surface area (Å²) in [7, 11) is 1.71. The van der Waals surface area contributed by atoms with Crippen LogP contribution in [0.2, 0.25) is 0 Å². The summed E-state index contributed by atoms with van der Waals surface area (Å²) in [6.07, 6.45) is -1.18. The molecule has 2 atom stereocenters. The van der Waals surface area contributed by atoms with E-state index in [0.29, 0.717) is 16.9 Å². The van der Waals surface area contributed by atoms with Crippen LogP contribution in [0, 0.1) is 6.92 Å². The zero-order valence-electron chi connectivity index (χ0n) is 18.9. The van der Waals surface area contributed by atoms with E-state index in [-0.39, 0.29) is 5.69 Å².